The molecule has 7 N–H and O–H groups in total. The molecular weight excluding hydrogens is 851 g/mol. The number of rotatable bonds is 19. The predicted molar refractivity (Wildman–Crippen MR) is 267 cm³/mol. The molecule has 0 aromatic heterocycles. The summed E-state index contributed by atoms with van der Waals surface area (Å²) in [4.78, 5) is 38.9. The van der Waals surface area contributed by atoms with Crippen LogP contribution in [0.2, 0.25) is 0 Å². The summed E-state index contributed by atoms with van der Waals surface area (Å²) < 4.78 is 0. The van der Waals surface area contributed by atoms with Crippen LogP contribution < -0.4 is 16.2 Å². The van der Waals surface area contributed by atoms with Crippen molar-refractivity contribution < 1.29 is 39.9 Å². The molecule has 6 aliphatic carbocycles. The molecule has 2 saturated carbocycles. The van der Waals surface area contributed by atoms with Gasteiger partial charge in [0.1, 0.15) is 24.1 Å². The van der Waals surface area contributed by atoms with E-state index in [0.717, 1.165) is 122 Å². The van der Waals surface area contributed by atoms with Gasteiger partial charge in [0, 0.05) is 33.8 Å². The topological polar surface area (TPSA) is 178 Å². The van der Waals surface area contributed by atoms with Crippen LogP contribution in [0.3, 0.4) is 0 Å². The molecule has 9 rings (SSSR count). The Labute approximate surface area is 403 Å². The molecule has 9 heteroatoms. The Bertz CT molecular complexity index is 2490. The molecule has 0 heterocycles. The first-order valence-corrected chi connectivity index (χ1v) is 25.9. The first kappa shape index (κ1) is 49.6. The normalized spacial score (nSPS) is 29.0. The van der Waals surface area contributed by atoms with Gasteiger partial charge < -0.3 is 40.9 Å². The van der Waals surface area contributed by atoms with E-state index >= 15 is 0 Å². The van der Waals surface area contributed by atoms with E-state index in [2.05, 4.69) is 43.3 Å². The van der Waals surface area contributed by atoms with Gasteiger partial charge in [-0.3, -0.25) is 4.79 Å². The number of fused-ring (bicyclic) bond motifs is 6. The summed E-state index contributed by atoms with van der Waals surface area (Å²) in [5, 5.41) is 60.8. The summed E-state index contributed by atoms with van der Waals surface area (Å²) >= 11 is 0. The van der Waals surface area contributed by atoms with Gasteiger partial charge in [0.15, 0.2) is 5.79 Å². The van der Waals surface area contributed by atoms with E-state index in [-0.39, 0.29) is 41.3 Å². The molecule has 68 heavy (non-hydrogen) atoms. The molecular formula is C59H75NO8. The fraction of sp³-hybridized carbons (Fsp3) is 0.542. The van der Waals surface area contributed by atoms with Crippen LogP contribution in [0.5, 0.6) is 5.75 Å². The molecule has 0 radical (unpaired) electrons. The number of carbonyl (C=O) groups excluding carboxylic acids is 2. The third-order valence-corrected chi connectivity index (χ3v) is 17.5. The molecule has 6 aliphatic rings. The second-order valence-electron chi connectivity index (χ2n) is 21.5. The van der Waals surface area contributed by atoms with E-state index in [1.165, 1.54) is 11.1 Å². The summed E-state index contributed by atoms with van der Waals surface area (Å²) in [6.45, 7) is 2.81. The van der Waals surface area contributed by atoms with Gasteiger partial charge in [0.25, 0.3) is 0 Å². The number of nitrogens with two attached hydrogens (primary N) is 1. The Kier molecular flexibility index (Phi) is 15.6. The fourth-order valence-electron chi connectivity index (χ4n) is 13.9. The Balaban J connectivity index is 1.22. The quantitative estimate of drug-likeness (QED) is 0.0296. The van der Waals surface area contributed by atoms with E-state index in [1.807, 2.05) is 48.5 Å². The number of phenolic OH excluding ortho intramolecular Hbond substituents is 1. The smallest absolute Gasteiger partial charge is 0.308 e. The van der Waals surface area contributed by atoms with Gasteiger partial charge in [0.2, 0.25) is 0 Å². The monoisotopic (exact) mass is 926 g/mol. The van der Waals surface area contributed by atoms with Crippen molar-refractivity contribution in [3.8, 4) is 5.75 Å². The van der Waals surface area contributed by atoms with E-state index in [0.29, 0.717) is 50.7 Å². The number of hydrogen-bond donors (Lipinski definition) is 6. The predicted octanol–water partition coefficient (Wildman–Crippen LogP) is 9.20. The number of aldehydes is 2. The number of aliphatic hydroxyl groups excluding tert-OH is 1. The number of benzene rings is 3. The van der Waals surface area contributed by atoms with Crippen molar-refractivity contribution in [2.75, 3.05) is 6.54 Å². The van der Waals surface area contributed by atoms with Crippen molar-refractivity contribution in [1.29, 1.82) is 0 Å². The van der Waals surface area contributed by atoms with Crippen molar-refractivity contribution in [2.24, 2.45) is 47.2 Å². The Morgan fingerprint density at radius 2 is 1.69 bits per heavy atom. The Morgan fingerprint density at radius 1 is 0.868 bits per heavy atom. The molecule has 0 aliphatic heterocycles. The maximum atomic E-state index is 14.2. The second-order valence-corrected chi connectivity index (χ2v) is 21.5. The average Bonchev–Trinajstić information content (AvgIpc) is 3.79. The molecule has 364 valence electrons. The minimum atomic E-state index is -2.66. The van der Waals surface area contributed by atoms with Crippen molar-refractivity contribution in [3.05, 3.63) is 123 Å². The lowest BCUT2D eigenvalue weighted by molar-refractivity contribution is -0.212. The highest BCUT2D eigenvalue weighted by molar-refractivity contribution is 5.74. The zero-order chi connectivity index (χ0) is 48.1. The van der Waals surface area contributed by atoms with Crippen LogP contribution in [-0.4, -0.2) is 56.4 Å². The van der Waals surface area contributed by atoms with Crippen molar-refractivity contribution in [2.45, 2.75) is 152 Å². The highest BCUT2D eigenvalue weighted by Gasteiger charge is 2.57. The number of hydrogen-bond acceptors (Lipinski definition) is 8. The van der Waals surface area contributed by atoms with Crippen LogP contribution in [0.25, 0.3) is 11.8 Å². The van der Waals surface area contributed by atoms with Gasteiger partial charge in [-0.2, -0.15) is 0 Å². The second kappa shape index (κ2) is 21.4. The number of phenols is 1. The number of unbranched alkanes of at least 4 members (excludes halogenated alkanes) is 4. The highest BCUT2D eigenvalue weighted by Crippen LogP contribution is 2.58. The van der Waals surface area contributed by atoms with E-state index in [9.17, 15) is 39.9 Å². The third-order valence-electron chi connectivity index (χ3n) is 17.5. The van der Waals surface area contributed by atoms with Crippen LogP contribution in [0.1, 0.15) is 145 Å². The van der Waals surface area contributed by atoms with Crippen LogP contribution in [0.15, 0.2) is 90.0 Å². The number of carboxylic acid groups (broad SMARTS) is 1. The number of carbonyl (C=O) groups is 3. The summed E-state index contributed by atoms with van der Waals surface area (Å²) in [6.07, 6.45) is 22.5. The van der Waals surface area contributed by atoms with Crippen LogP contribution in [0.4, 0.5) is 0 Å². The highest BCUT2D eigenvalue weighted by atomic mass is 16.5. The van der Waals surface area contributed by atoms with Crippen molar-refractivity contribution in [3.63, 3.8) is 0 Å². The molecule has 0 unspecified atom stereocenters. The number of carboxylic acids is 1. The standard InChI is InChI=1S/C59H75NO8/c1-2-3-5-13-45-35-49(20-21-53(45)63)57-25-22-40(31-47(57)15-7-4-6-14-46(38-62)42-19-18-39(30-42)24-28-60)33-52(59(67,68)27-29-61)54(56(65)66)58(48-16-10-11-41(32-48)36-57)26-23-44-34-43-12-8-9-17-50(43)55(64)51(44)37-58/h8-12,16-17,20-21,29-30,32-35,38,42,44,46-47,51-52,54,63-64,67-68H,2-7,13-15,18-19,22-28,31,36-37,60H2,1H3,(H,65,66)/b40-33-/t42-,44+,46+,47+,51-,52+,54-,57+,58+/m0/s1. The molecule has 3 aromatic carbocycles. The van der Waals surface area contributed by atoms with Crippen LogP contribution in [-0.2, 0) is 38.1 Å². The van der Waals surface area contributed by atoms with Gasteiger partial charge in [-0.05, 0) is 148 Å². The SMILES string of the molecule is CCCCCc1cc([C@]23CC/C(=C/[C@@H](C(O)(O)CC=O)[C@@H](C(=O)O)[C@@]4(CC[C@@H]5C=c6ccccc6=C(O)[C@H]5C4)c4cccc(c4)C2)C[C@H]3CCCCC[C@H](C=O)[C@@H]2C=C(CCN)CC2)ccc1O. The zero-order valence-corrected chi connectivity index (χ0v) is 40.2. The molecule has 2 fully saturated rings. The van der Waals surface area contributed by atoms with Crippen LogP contribution >= 0.6 is 0 Å². The van der Waals surface area contributed by atoms with Crippen molar-refractivity contribution in [1.82, 2.24) is 0 Å². The van der Waals surface area contributed by atoms with Gasteiger partial charge in [-0.25, -0.2) is 0 Å². The average molecular weight is 926 g/mol. The minimum Gasteiger partial charge on any atom is -0.511 e. The summed E-state index contributed by atoms with van der Waals surface area (Å²) in [5.41, 5.74) is 10.6. The largest absolute Gasteiger partial charge is 0.511 e. The lowest BCUT2D eigenvalue weighted by Gasteiger charge is -2.52. The third kappa shape index (κ3) is 10.1. The summed E-state index contributed by atoms with van der Waals surface area (Å²) in [6, 6.07) is 22.3. The first-order chi connectivity index (χ1) is 32.9. The van der Waals surface area contributed by atoms with Gasteiger partial charge in [-0.15, -0.1) is 0 Å². The molecule has 9 atom stereocenters. The van der Waals surface area contributed by atoms with Gasteiger partial charge in [0.05, 0.1) is 12.3 Å². The molecule has 0 saturated heterocycles. The maximum Gasteiger partial charge on any atom is 0.308 e. The number of allylic oxidation sites excluding steroid dienone is 2. The van der Waals surface area contributed by atoms with E-state index < -0.39 is 41.3 Å². The number of aryl methyl sites for hydroxylation is 1. The molecule has 4 bridgehead atoms. The molecule has 1 spiro atoms. The van der Waals surface area contributed by atoms with Gasteiger partial charge in [-0.1, -0.05) is 129 Å². The molecule has 9 nitrogen and oxygen atoms in total. The maximum absolute atomic E-state index is 14.2. The van der Waals surface area contributed by atoms with E-state index in [1.54, 1.807) is 0 Å². The first-order valence-electron chi connectivity index (χ1n) is 25.9. The number of aliphatic hydroxyl groups is 3. The summed E-state index contributed by atoms with van der Waals surface area (Å²) in [5.74, 6) is -6.07. The van der Waals surface area contributed by atoms with Crippen molar-refractivity contribution >= 4 is 30.4 Å². The Morgan fingerprint density at radius 3 is 2.47 bits per heavy atom. The minimum absolute atomic E-state index is 0.00973. The molecule has 3 aromatic rings. The number of aliphatic carboxylic acids is 1. The van der Waals surface area contributed by atoms with Gasteiger partial charge >= 0.3 is 5.97 Å². The lowest BCUT2D eigenvalue weighted by Crippen LogP contribution is -2.55. The Hall–Kier alpha value is -4.83. The lowest BCUT2D eigenvalue weighted by atomic mass is 9.51. The summed E-state index contributed by atoms with van der Waals surface area (Å²) in [7, 11) is 0. The fourth-order valence-corrected chi connectivity index (χ4v) is 13.9. The van der Waals surface area contributed by atoms with E-state index in [4.69, 9.17) is 5.73 Å². The zero-order valence-electron chi connectivity index (χ0n) is 40.2. The molecule has 0 amide bonds. The number of aromatic hydroxyl groups is 1. The van der Waals surface area contributed by atoms with Crippen LogP contribution in [0, 0.1) is 41.4 Å².